The fourth-order valence-corrected chi connectivity index (χ4v) is 2.49. The molecule has 0 saturated carbocycles. The maximum Gasteiger partial charge on any atom is 0.329 e. The Labute approximate surface area is 127 Å². The zero-order valence-corrected chi connectivity index (χ0v) is 12.4. The number of nitrogens with one attached hydrogen (secondary N) is 1. The van der Waals surface area contributed by atoms with Gasteiger partial charge in [-0.2, -0.15) is 0 Å². The minimum absolute atomic E-state index is 0.218. The highest BCUT2D eigenvalue weighted by Gasteiger charge is 2.41. The number of carbonyl (C=O) groups is 2. The van der Waals surface area contributed by atoms with Crippen molar-refractivity contribution in [3.63, 3.8) is 0 Å². The molecule has 2 N–H and O–H groups in total. The Balaban J connectivity index is 2.23. The SMILES string of the molecule is CCc1cc(C(=O)NC2(C(=O)O)CCOCC2)cc(Cl)n1. The number of aromatic nitrogens is 1. The van der Waals surface area contributed by atoms with Crippen molar-refractivity contribution in [1.29, 1.82) is 0 Å². The van der Waals surface area contributed by atoms with Crippen molar-refractivity contribution in [2.45, 2.75) is 31.7 Å². The summed E-state index contributed by atoms with van der Waals surface area (Å²) in [6.45, 7) is 2.52. The van der Waals surface area contributed by atoms with Crippen LogP contribution in [-0.4, -0.2) is 40.7 Å². The van der Waals surface area contributed by atoms with Gasteiger partial charge < -0.3 is 15.2 Å². The van der Waals surface area contributed by atoms with Gasteiger partial charge >= 0.3 is 5.97 Å². The third kappa shape index (κ3) is 3.51. The third-order valence-corrected chi connectivity index (χ3v) is 3.77. The van der Waals surface area contributed by atoms with E-state index in [1.807, 2.05) is 6.92 Å². The highest BCUT2D eigenvalue weighted by molar-refractivity contribution is 6.29. The standard InChI is InChI=1S/C14H17ClN2O4/c1-2-10-7-9(8-11(15)16-10)12(18)17-14(13(19)20)3-5-21-6-4-14/h7-8H,2-6H2,1H3,(H,17,18)(H,19,20). The van der Waals surface area contributed by atoms with Crippen LogP contribution in [0.3, 0.4) is 0 Å². The van der Waals surface area contributed by atoms with E-state index >= 15 is 0 Å². The summed E-state index contributed by atoms with van der Waals surface area (Å²) < 4.78 is 5.17. The number of nitrogens with zero attached hydrogens (tertiary/aromatic N) is 1. The van der Waals surface area contributed by atoms with Gasteiger partial charge in [0.25, 0.3) is 5.91 Å². The molecular formula is C14H17ClN2O4. The van der Waals surface area contributed by atoms with Gasteiger partial charge in [-0.25, -0.2) is 9.78 Å². The normalized spacial score (nSPS) is 17.2. The molecule has 6 nitrogen and oxygen atoms in total. The Morgan fingerprint density at radius 2 is 2.10 bits per heavy atom. The summed E-state index contributed by atoms with van der Waals surface area (Å²) in [6.07, 6.45) is 1.12. The van der Waals surface area contributed by atoms with Crippen LogP contribution in [0.4, 0.5) is 0 Å². The summed E-state index contributed by atoms with van der Waals surface area (Å²) in [6, 6.07) is 3.06. The van der Waals surface area contributed by atoms with Crippen LogP contribution in [-0.2, 0) is 16.0 Å². The minimum atomic E-state index is -1.28. The molecule has 0 unspecified atom stereocenters. The van der Waals surface area contributed by atoms with Crippen molar-refractivity contribution in [2.24, 2.45) is 0 Å². The lowest BCUT2D eigenvalue weighted by Crippen LogP contribution is -2.57. The molecule has 1 aliphatic heterocycles. The second kappa shape index (κ2) is 6.41. The van der Waals surface area contributed by atoms with Gasteiger partial charge in [-0.15, -0.1) is 0 Å². The molecule has 1 aromatic heterocycles. The highest BCUT2D eigenvalue weighted by Crippen LogP contribution is 2.22. The molecule has 0 aromatic carbocycles. The number of amides is 1. The van der Waals surface area contributed by atoms with E-state index in [1.165, 1.54) is 6.07 Å². The fraction of sp³-hybridized carbons (Fsp3) is 0.500. The first kappa shape index (κ1) is 15.7. The number of hydrogen-bond acceptors (Lipinski definition) is 4. The molecule has 0 radical (unpaired) electrons. The van der Waals surface area contributed by atoms with Gasteiger partial charge in [0.15, 0.2) is 0 Å². The molecule has 1 fully saturated rings. The Morgan fingerprint density at radius 3 is 2.67 bits per heavy atom. The first-order chi connectivity index (χ1) is 9.97. The summed E-state index contributed by atoms with van der Waals surface area (Å²) >= 11 is 5.89. The van der Waals surface area contributed by atoms with Gasteiger partial charge in [0.2, 0.25) is 0 Å². The molecule has 21 heavy (non-hydrogen) atoms. The second-order valence-corrected chi connectivity index (χ2v) is 5.36. The minimum Gasteiger partial charge on any atom is -0.480 e. The van der Waals surface area contributed by atoms with Crippen molar-refractivity contribution in [3.8, 4) is 0 Å². The number of carboxylic acids is 1. The molecule has 1 aliphatic rings. The third-order valence-electron chi connectivity index (χ3n) is 3.58. The number of carbonyl (C=O) groups excluding carboxylic acids is 1. The van der Waals surface area contributed by atoms with Crippen molar-refractivity contribution >= 4 is 23.5 Å². The highest BCUT2D eigenvalue weighted by atomic mass is 35.5. The van der Waals surface area contributed by atoms with Crippen LogP contribution in [0.2, 0.25) is 5.15 Å². The predicted octanol–water partition coefficient (Wildman–Crippen LogP) is 1.66. The Hall–Kier alpha value is -1.66. The fourth-order valence-electron chi connectivity index (χ4n) is 2.27. The lowest BCUT2D eigenvalue weighted by molar-refractivity contribution is -0.148. The van der Waals surface area contributed by atoms with Crippen LogP contribution < -0.4 is 5.32 Å². The molecule has 0 spiro atoms. The van der Waals surface area contributed by atoms with Crippen LogP contribution in [0.25, 0.3) is 0 Å². The molecule has 0 bridgehead atoms. The van der Waals surface area contributed by atoms with E-state index in [4.69, 9.17) is 16.3 Å². The topological polar surface area (TPSA) is 88.5 Å². The summed E-state index contributed by atoms with van der Waals surface area (Å²) in [5.74, 6) is -1.51. The monoisotopic (exact) mass is 312 g/mol. The van der Waals surface area contributed by atoms with Crippen LogP contribution in [0.15, 0.2) is 12.1 Å². The number of carboxylic acid groups (broad SMARTS) is 1. The number of ether oxygens (including phenoxy) is 1. The van der Waals surface area contributed by atoms with Gasteiger partial charge in [0.1, 0.15) is 10.7 Å². The van der Waals surface area contributed by atoms with E-state index in [-0.39, 0.29) is 18.0 Å². The smallest absolute Gasteiger partial charge is 0.329 e. The van der Waals surface area contributed by atoms with Gasteiger partial charge in [0, 0.05) is 37.3 Å². The number of aliphatic carboxylic acids is 1. The molecule has 1 saturated heterocycles. The Bertz CT molecular complexity index is 556. The number of pyridine rings is 1. The molecule has 2 heterocycles. The van der Waals surface area contributed by atoms with Gasteiger partial charge in [-0.3, -0.25) is 4.79 Å². The maximum atomic E-state index is 12.3. The van der Waals surface area contributed by atoms with Gasteiger partial charge in [-0.1, -0.05) is 18.5 Å². The number of rotatable bonds is 4. The van der Waals surface area contributed by atoms with Crippen molar-refractivity contribution in [3.05, 3.63) is 28.5 Å². The molecular weight excluding hydrogens is 296 g/mol. The van der Waals surface area contributed by atoms with Crippen LogP contribution >= 0.6 is 11.6 Å². The number of halogens is 1. The maximum absolute atomic E-state index is 12.3. The molecule has 0 aliphatic carbocycles. The molecule has 2 rings (SSSR count). The molecule has 7 heteroatoms. The molecule has 114 valence electrons. The second-order valence-electron chi connectivity index (χ2n) is 4.98. The summed E-state index contributed by atoms with van der Waals surface area (Å²) in [7, 11) is 0. The molecule has 1 aromatic rings. The first-order valence-corrected chi connectivity index (χ1v) is 7.15. The summed E-state index contributed by atoms with van der Waals surface area (Å²) in [4.78, 5) is 27.9. The average Bonchev–Trinajstić information content (AvgIpc) is 2.47. The van der Waals surface area contributed by atoms with E-state index < -0.39 is 17.4 Å². The van der Waals surface area contributed by atoms with E-state index in [1.54, 1.807) is 6.07 Å². The number of aryl methyl sites for hydroxylation is 1. The first-order valence-electron chi connectivity index (χ1n) is 6.77. The van der Waals surface area contributed by atoms with Gasteiger partial charge in [0.05, 0.1) is 0 Å². The number of hydrogen-bond donors (Lipinski definition) is 2. The van der Waals surface area contributed by atoms with E-state index in [0.29, 0.717) is 30.9 Å². The van der Waals surface area contributed by atoms with E-state index in [9.17, 15) is 14.7 Å². The zero-order valence-electron chi connectivity index (χ0n) is 11.7. The lowest BCUT2D eigenvalue weighted by Gasteiger charge is -2.33. The Kier molecular flexibility index (Phi) is 4.80. The molecule has 1 amide bonds. The van der Waals surface area contributed by atoms with Crippen molar-refractivity contribution in [1.82, 2.24) is 10.3 Å². The van der Waals surface area contributed by atoms with Crippen LogP contribution in [0.5, 0.6) is 0 Å². The zero-order chi connectivity index (χ0) is 15.5. The van der Waals surface area contributed by atoms with Crippen molar-refractivity contribution < 1.29 is 19.4 Å². The van der Waals surface area contributed by atoms with Gasteiger partial charge in [-0.05, 0) is 18.6 Å². The predicted molar refractivity (Wildman–Crippen MR) is 76.5 cm³/mol. The largest absolute Gasteiger partial charge is 0.480 e. The summed E-state index contributed by atoms with van der Waals surface area (Å²) in [5.41, 5.74) is -0.278. The van der Waals surface area contributed by atoms with Crippen LogP contribution in [0, 0.1) is 0 Å². The molecule has 0 atom stereocenters. The van der Waals surface area contributed by atoms with Crippen LogP contribution in [0.1, 0.15) is 35.8 Å². The van der Waals surface area contributed by atoms with Crippen molar-refractivity contribution in [2.75, 3.05) is 13.2 Å². The summed E-state index contributed by atoms with van der Waals surface area (Å²) in [5, 5.41) is 12.3. The Morgan fingerprint density at radius 1 is 1.43 bits per heavy atom. The van der Waals surface area contributed by atoms with E-state index in [0.717, 1.165) is 0 Å². The average molecular weight is 313 g/mol. The quantitative estimate of drug-likeness (QED) is 0.825. The van der Waals surface area contributed by atoms with E-state index in [2.05, 4.69) is 10.3 Å². The lowest BCUT2D eigenvalue weighted by atomic mass is 9.89.